The van der Waals surface area contributed by atoms with Crippen molar-refractivity contribution in [2.24, 2.45) is 0 Å². The van der Waals surface area contributed by atoms with Gasteiger partial charge in [-0.2, -0.15) is 0 Å². The summed E-state index contributed by atoms with van der Waals surface area (Å²) in [6, 6.07) is 0. The minimum absolute atomic E-state index is 0.0335. The van der Waals surface area contributed by atoms with Crippen LogP contribution in [-0.2, 0) is 19.1 Å². The highest BCUT2D eigenvalue weighted by Crippen LogP contribution is 2.17. The third-order valence-corrected chi connectivity index (χ3v) is 9.55. The Labute approximate surface area is 344 Å². The van der Waals surface area contributed by atoms with Crippen molar-refractivity contribution >= 4 is 17.8 Å². The smallest absolute Gasteiger partial charge is 0.322 e. The number of nitrogens with one attached hydrogen (secondary N) is 1. The molecule has 0 heterocycles. The Morgan fingerprint density at radius 3 is 1.45 bits per heavy atom. The molecule has 0 aromatic rings. The SMILES string of the molecule is CC/C=C\C/C=C\C/C=C\C/C=C\C/C=C\C/C=C\CCCCC(=O)OC(CCC/C=C\CCCCCCCCCC)CCCCCCCC(=O)NCC(=O)O. The zero-order valence-corrected chi connectivity index (χ0v) is 36.0. The first kappa shape index (κ1) is 52.6. The van der Waals surface area contributed by atoms with E-state index in [1.165, 1.54) is 51.4 Å². The minimum atomic E-state index is -1.02. The highest BCUT2D eigenvalue weighted by Gasteiger charge is 2.14. The van der Waals surface area contributed by atoms with E-state index in [-0.39, 0.29) is 24.5 Å². The quantitative estimate of drug-likeness (QED) is 0.0367. The molecule has 0 saturated carbocycles. The third-order valence-electron chi connectivity index (χ3n) is 9.55. The van der Waals surface area contributed by atoms with Crippen molar-refractivity contribution < 1.29 is 24.2 Å². The second-order valence-electron chi connectivity index (χ2n) is 14.9. The molecule has 0 aromatic carbocycles. The predicted molar refractivity (Wildman–Crippen MR) is 240 cm³/mol. The molecule has 0 aliphatic carbocycles. The fourth-order valence-electron chi connectivity index (χ4n) is 6.22. The van der Waals surface area contributed by atoms with E-state index >= 15 is 0 Å². The number of carboxylic acids is 1. The van der Waals surface area contributed by atoms with Crippen molar-refractivity contribution in [3.05, 3.63) is 85.1 Å². The highest BCUT2D eigenvalue weighted by molar-refractivity contribution is 5.80. The normalized spacial score (nSPS) is 12.9. The lowest BCUT2D eigenvalue weighted by Crippen LogP contribution is -2.28. The molecule has 0 saturated heterocycles. The molecule has 0 spiro atoms. The number of carbonyl (C=O) groups excluding carboxylic acids is 2. The van der Waals surface area contributed by atoms with Gasteiger partial charge in [-0.15, -0.1) is 0 Å². The van der Waals surface area contributed by atoms with Crippen molar-refractivity contribution in [1.82, 2.24) is 5.32 Å². The fraction of sp³-hybridized carbons (Fsp3) is 0.660. The number of ether oxygens (including phenoxy) is 1. The van der Waals surface area contributed by atoms with Crippen LogP contribution in [0.25, 0.3) is 0 Å². The van der Waals surface area contributed by atoms with Gasteiger partial charge in [-0.25, -0.2) is 0 Å². The van der Waals surface area contributed by atoms with Crippen molar-refractivity contribution in [2.45, 2.75) is 206 Å². The molecule has 0 bridgehead atoms. The van der Waals surface area contributed by atoms with Gasteiger partial charge in [0.2, 0.25) is 5.91 Å². The summed E-state index contributed by atoms with van der Waals surface area (Å²) >= 11 is 0. The van der Waals surface area contributed by atoms with E-state index < -0.39 is 5.97 Å². The Morgan fingerprint density at radius 2 is 0.893 bits per heavy atom. The molecule has 2 N–H and O–H groups in total. The Balaban J connectivity index is 4.30. The molecule has 318 valence electrons. The molecule has 0 radical (unpaired) electrons. The molecular formula is C50H83NO5. The molecule has 56 heavy (non-hydrogen) atoms. The second kappa shape index (κ2) is 44.3. The molecule has 1 atom stereocenters. The molecular weight excluding hydrogens is 695 g/mol. The number of hydrogen-bond donors (Lipinski definition) is 2. The molecule has 6 heteroatoms. The first-order valence-corrected chi connectivity index (χ1v) is 22.7. The summed E-state index contributed by atoms with van der Waals surface area (Å²) in [4.78, 5) is 35.1. The molecule has 0 rings (SSSR count). The summed E-state index contributed by atoms with van der Waals surface area (Å²) in [5.74, 6) is -1.30. The number of unbranched alkanes of at least 4 members (excludes halogenated alkanes) is 15. The lowest BCUT2D eigenvalue weighted by atomic mass is 10.0. The number of esters is 1. The van der Waals surface area contributed by atoms with Crippen molar-refractivity contribution in [3.63, 3.8) is 0 Å². The Bertz CT molecular complexity index is 1130. The summed E-state index contributed by atoms with van der Waals surface area (Å²) in [5, 5.41) is 11.1. The van der Waals surface area contributed by atoms with Gasteiger partial charge in [0.25, 0.3) is 0 Å². The zero-order chi connectivity index (χ0) is 40.8. The number of amides is 1. The number of rotatable bonds is 40. The van der Waals surface area contributed by atoms with Gasteiger partial charge in [0.05, 0.1) is 0 Å². The molecule has 0 aliphatic rings. The van der Waals surface area contributed by atoms with E-state index in [9.17, 15) is 14.4 Å². The minimum Gasteiger partial charge on any atom is -0.480 e. The zero-order valence-electron chi connectivity index (χ0n) is 36.0. The molecule has 1 amide bonds. The van der Waals surface area contributed by atoms with E-state index in [0.717, 1.165) is 122 Å². The van der Waals surface area contributed by atoms with E-state index in [2.05, 4.69) is 104 Å². The lowest BCUT2D eigenvalue weighted by molar-refractivity contribution is -0.150. The average Bonchev–Trinajstić information content (AvgIpc) is 3.18. The summed E-state index contributed by atoms with van der Waals surface area (Å²) in [6.45, 7) is 4.10. The van der Waals surface area contributed by atoms with E-state index in [1.807, 2.05) is 0 Å². The maximum Gasteiger partial charge on any atom is 0.322 e. The number of carboxylic acid groups (broad SMARTS) is 1. The Kier molecular flexibility index (Phi) is 41.6. The van der Waals surface area contributed by atoms with Crippen LogP contribution in [0.15, 0.2) is 85.1 Å². The first-order chi connectivity index (χ1) is 27.5. The molecule has 1 unspecified atom stereocenters. The van der Waals surface area contributed by atoms with Gasteiger partial charge < -0.3 is 15.2 Å². The van der Waals surface area contributed by atoms with Crippen LogP contribution in [0.2, 0.25) is 0 Å². The monoisotopic (exact) mass is 778 g/mol. The van der Waals surface area contributed by atoms with Gasteiger partial charge in [0.15, 0.2) is 0 Å². The van der Waals surface area contributed by atoms with Gasteiger partial charge in [-0.05, 0) is 109 Å². The largest absolute Gasteiger partial charge is 0.480 e. The van der Waals surface area contributed by atoms with Gasteiger partial charge in [-0.1, -0.05) is 163 Å². The lowest BCUT2D eigenvalue weighted by Gasteiger charge is -2.18. The molecule has 0 aromatic heterocycles. The maximum absolute atomic E-state index is 12.8. The highest BCUT2D eigenvalue weighted by atomic mass is 16.5. The standard InChI is InChI=1S/C50H83NO5/c1-3-5-7-9-11-13-15-17-18-19-20-21-22-23-24-26-28-30-32-37-41-45-50(55)56-47(43-39-35-33-36-40-44-48(52)51-46-49(53)54)42-38-34-31-29-27-25-16-14-12-10-8-6-4-2/h5,7,11,13,17-18,20-21,23-24,28-31,47H,3-4,6,8-10,12,14-16,19,22,25-27,32-46H2,1-2H3,(H,51,52)(H,53,54)/b7-5-,13-11-,18-17-,21-20-,24-23-,30-28-,31-29-. The van der Waals surface area contributed by atoms with Crippen LogP contribution >= 0.6 is 0 Å². The van der Waals surface area contributed by atoms with Crippen LogP contribution in [0, 0.1) is 0 Å². The number of aliphatic carboxylic acids is 1. The van der Waals surface area contributed by atoms with Gasteiger partial charge in [-0.3, -0.25) is 14.4 Å². The van der Waals surface area contributed by atoms with Gasteiger partial charge in [0, 0.05) is 12.8 Å². The maximum atomic E-state index is 12.8. The molecule has 6 nitrogen and oxygen atoms in total. The van der Waals surface area contributed by atoms with Crippen LogP contribution in [0.3, 0.4) is 0 Å². The van der Waals surface area contributed by atoms with Crippen LogP contribution in [0.4, 0.5) is 0 Å². The first-order valence-electron chi connectivity index (χ1n) is 22.7. The third kappa shape index (κ3) is 43.3. The van der Waals surface area contributed by atoms with E-state index in [4.69, 9.17) is 9.84 Å². The Hall–Kier alpha value is -3.41. The van der Waals surface area contributed by atoms with E-state index in [1.54, 1.807) is 0 Å². The number of hydrogen-bond acceptors (Lipinski definition) is 4. The fourth-order valence-corrected chi connectivity index (χ4v) is 6.22. The van der Waals surface area contributed by atoms with Gasteiger partial charge >= 0.3 is 11.9 Å². The summed E-state index contributed by atoms with van der Waals surface area (Å²) in [5.41, 5.74) is 0. The van der Waals surface area contributed by atoms with Crippen LogP contribution < -0.4 is 5.32 Å². The van der Waals surface area contributed by atoms with Crippen LogP contribution in [0.5, 0.6) is 0 Å². The van der Waals surface area contributed by atoms with E-state index in [0.29, 0.717) is 12.8 Å². The molecule has 0 aliphatic heterocycles. The van der Waals surface area contributed by atoms with Crippen molar-refractivity contribution in [1.29, 1.82) is 0 Å². The topological polar surface area (TPSA) is 92.7 Å². The second-order valence-corrected chi connectivity index (χ2v) is 14.9. The Morgan fingerprint density at radius 1 is 0.482 bits per heavy atom. The van der Waals surface area contributed by atoms with Crippen LogP contribution in [-0.4, -0.2) is 35.6 Å². The number of allylic oxidation sites excluding steroid dienone is 14. The summed E-state index contributed by atoms with van der Waals surface area (Å²) < 4.78 is 6.00. The van der Waals surface area contributed by atoms with Crippen molar-refractivity contribution in [2.75, 3.05) is 6.54 Å². The van der Waals surface area contributed by atoms with Gasteiger partial charge in [0.1, 0.15) is 12.6 Å². The average molecular weight is 778 g/mol. The number of carbonyl (C=O) groups is 3. The predicted octanol–water partition coefficient (Wildman–Crippen LogP) is 14.3. The molecule has 0 fully saturated rings. The van der Waals surface area contributed by atoms with Crippen molar-refractivity contribution in [3.8, 4) is 0 Å². The summed E-state index contributed by atoms with van der Waals surface area (Å²) in [6.07, 6.45) is 61.4. The van der Waals surface area contributed by atoms with Crippen LogP contribution in [0.1, 0.15) is 200 Å². The summed E-state index contributed by atoms with van der Waals surface area (Å²) in [7, 11) is 0.